The first-order valence-electron chi connectivity index (χ1n) is 6.24. The maximum Gasteiger partial charge on any atom is 0.195 e. The van der Waals surface area contributed by atoms with Crippen LogP contribution in [0.5, 0.6) is 0 Å². The van der Waals surface area contributed by atoms with Gasteiger partial charge in [-0.15, -0.1) is 6.58 Å². The van der Waals surface area contributed by atoms with Crippen molar-refractivity contribution in [2.24, 2.45) is 0 Å². The summed E-state index contributed by atoms with van der Waals surface area (Å²) in [7, 11) is 0. The molecular weight excluding hydrogens is 222 g/mol. The fourth-order valence-corrected chi connectivity index (χ4v) is 1.83. The van der Waals surface area contributed by atoms with Crippen LogP contribution >= 0.6 is 0 Å². The molecule has 1 aromatic carbocycles. The van der Waals surface area contributed by atoms with Crippen LogP contribution in [-0.2, 0) is 6.54 Å². The van der Waals surface area contributed by atoms with Crippen LogP contribution in [0.1, 0.15) is 18.4 Å². The maximum atomic E-state index is 8.09. The summed E-state index contributed by atoms with van der Waals surface area (Å²) >= 11 is 0. The zero-order chi connectivity index (χ0) is 12.8. The zero-order valence-electron chi connectivity index (χ0n) is 10.5. The fraction of sp³-hybridized carbons (Fsp3) is 0.267. The van der Waals surface area contributed by atoms with Gasteiger partial charge >= 0.3 is 0 Å². The number of hydrogen-bond donors (Lipinski definition) is 2. The van der Waals surface area contributed by atoms with Crippen molar-refractivity contribution in [3.63, 3.8) is 0 Å². The normalized spacial score (nSPS) is 13.2. The Hall–Kier alpha value is -2.03. The van der Waals surface area contributed by atoms with Gasteiger partial charge in [0.05, 0.1) is 0 Å². The van der Waals surface area contributed by atoms with Gasteiger partial charge in [0.2, 0.25) is 0 Å². The predicted molar refractivity (Wildman–Crippen MR) is 75.2 cm³/mol. The molecule has 1 aliphatic carbocycles. The van der Waals surface area contributed by atoms with Gasteiger partial charge in [-0.1, -0.05) is 42.5 Å². The standard InChI is InChI=1S/C15H19N3/c1-2-11-18(12-13-7-4-3-5-8-13)15(16)17-14-9-6-10-14/h2-5,7-9H,1,6,10-12H2,(H2,16,17). The van der Waals surface area contributed by atoms with E-state index in [0.717, 1.165) is 25.1 Å². The van der Waals surface area contributed by atoms with Crippen LogP contribution in [0, 0.1) is 5.41 Å². The zero-order valence-corrected chi connectivity index (χ0v) is 10.5. The van der Waals surface area contributed by atoms with Crippen LogP contribution < -0.4 is 5.32 Å². The van der Waals surface area contributed by atoms with E-state index in [9.17, 15) is 0 Å². The largest absolute Gasteiger partial charge is 0.335 e. The van der Waals surface area contributed by atoms with E-state index in [1.807, 2.05) is 29.2 Å². The summed E-state index contributed by atoms with van der Waals surface area (Å²) in [6, 6.07) is 10.2. The van der Waals surface area contributed by atoms with E-state index >= 15 is 0 Å². The Morgan fingerprint density at radius 1 is 1.39 bits per heavy atom. The molecule has 0 saturated heterocycles. The van der Waals surface area contributed by atoms with Gasteiger partial charge in [0.25, 0.3) is 0 Å². The highest BCUT2D eigenvalue weighted by atomic mass is 15.3. The second-order valence-electron chi connectivity index (χ2n) is 4.40. The highest BCUT2D eigenvalue weighted by molar-refractivity contribution is 5.78. The molecule has 0 fully saturated rings. The molecular formula is C15H19N3. The van der Waals surface area contributed by atoms with Crippen molar-refractivity contribution in [1.82, 2.24) is 10.2 Å². The van der Waals surface area contributed by atoms with Crippen LogP contribution in [-0.4, -0.2) is 17.4 Å². The first-order chi connectivity index (χ1) is 8.79. The number of hydrogen-bond acceptors (Lipinski definition) is 1. The van der Waals surface area contributed by atoms with Gasteiger partial charge in [0.15, 0.2) is 5.96 Å². The van der Waals surface area contributed by atoms with Crippen molar-refractivity contribution < 1.29 is 0 Å². The average molecular weight is 241 g/mol. The van der Waals surface area contributed by atoms with Crippen molar-refractivity contribution in [2.75, 3.05) is 6.54 Å². The Kier molecular flexibility index (Phi) is 4.18. The van der Waals surface area contributed by atoms with E-state index in [4.69, 9.17) is 5.41 Å². The molecule has 0 bridgehead atoms. The minimum absolute atomic E-state index is 0.449. The number of rotatable bonds is 5. The van der Waals surface area contributed by atoms with Crippen molar-refractivity contribution >= 4 is 5.96 Å². The Morgan fingerprint density at radius 3 is 2.67 bits per heavy atom. The van der Waals surface area contributed by atoms with E-state index in [0.29, 0.717) is 12.5 Å². The van der Waals surface area contributed by atoms with Gasteiger partial charge < -0.3 is 10.2 Å². The topological polar surface area (TPSA) is 39.1 Å². The Balaban J connectivity index is 1.98. The SMILES string of the molecule is C=CCN(Cc1ccccc1)C(=N)NC1=CCC1. The number of nitrogens with zero attached hydrogens (tertiary/aromatic N) is 1. The van der Waals surface area contributed by atoms with Gasteiger partial charge in [-0.25, -0.2) is 0 Å². The predicted octanol–water partition coefficient (Wildman–Crippen LogP) is 2.88. The molecule has 0 aliphatic heterocycles. The minimum atomic E-state index is 0.449. The fourth-order valence-electron chi connectivity index (χ4n) is 1.83. The van der Waals surface area contributed by atoms with Crippen molar-refractivity contribution in [3.05, 3.63) is 60.3 Å². The lowest BCUT2D eigenvalue weighted by Gasteiger charge is -2.27. The van der Waals surface area contributed by atoms with E-state index in [2.05, 4.69) is 30.1 Å². The Bertz CT molecular complexity index is 448. The highest BCUT2D eigenvalue weighted by Gasteiger charge is 2.12. The first kappa shape index (κ1) is 12.4. The quantitative estimate of drug-likeness (QED) is 0.472. The monoisotopic (exact) mass is 241 g/mol. The molecule has 0 amide bonds. The molecule has 0 atom stereocenters. The molecule has 0 radical (unpaired) electrons. The molecule has 0 heterocycles. The Morgan fingerprint density at radius 2 is 2.11 bits per heavy atom. The third-order valence-electron chi connectivity index (χ3n) is 2.97. The van der Waals surface area contributed by atoms with Gasteiger partial charge in [0, 0.05) is 18.8 Å². The molecule has 1 aliphatic rings. The smallest absolute Gasteiger partial charge is 0.195 e. The minimum Gasteiger partial charge on any atom is -0.335 e. The summed E-state index contributed by atoms with van der Waals surface area (Å²) in [5.41, 5.74) is 2.36. The lowest BCUT2D eigenvalue weighted by atomic mass is 10.1. The number of nitrogens with one attached hydrogen (secondary N) is 2. The second kappa shape index (κ2) is 6.05. The van der Waals surface area contributed by atoms with Gasteiger partial charge in [0.1, 0.15) is 0 Å². The molecule has 18 heavy (non-hydrogen) atoms. The van der Waals surface area contributed by atoms with Crippen LogP contribution in [0.15, 0.2) is 54.8 Å². The van der Waals surface area contributed by atoms with Crippen molar-refractivity contribution in [2.45, 2.75) is 19.4 Å². The maximum absolute atomic E-state index is 8.09. The molecule has 2 rings (SSSR count). The number of benzene rings is 1. The van der Waals surface area contributed by atoms with Crippen molar-refractivity contribution in [1.29, 1.82) is 5.41 Å². The van der Waals surface area contributed by atoms with Crippen LogP contribution in [0.2, 0.25) is 0 Å². The molecule has 0 saturated carbocycles. The molecule has 3 nitrogen and oxygen atoms in total. The van der Waals surface area contributed by atoms with E-state index < -0.39 is 0 Å². The number of allylic oxidation sites excluding steroid dienone is 2. The summed E-state index contributed by atoms with van der Waals surface area (Å²) in [5, 5.41) is 11.2. The van der Waals surface area contributed by atoms with Crippen LogP contribution in [0.4, 0.5) is 0 Å². The lowest BCUT2D eigenvalue weighted by molar-refractivity contribution is 0.437. The van der Waals surface area contributed by atoms with E-state index in [1.165, 1.54) is 5.56 Å². The van der Waals surface area contributed by atoms with Gasteiger partial charge in [-0.05, 0) is 18.4 Å². The third kappa shape index (κ3) is 3.23. The molecule has 0 unspecified atom stereocenters. The molecule has 0 spiro atoms. The molecule has 0 aromatic heterocycles. The van der Waals surface area contributed by atoms with Gasteiger partial charge in [-0.2, -0.15) is 0 Å². The summed E-state index contributed by atoms with van der Waals surface area (Å²) in [5.74, 6) is 0.449. The molecule has 2 N–H and O–H groups in total. The third-order valence-corrected chi connectivity index (χ3v) is 2.97. The van der Waals surface area contributed by atoms with Crippen LogP contribution in [0.3, 0.4) is 0 Å². The first-order valence-corrected chi connectivity index (χ1v) is 6.24. The lowest BCUT2D eigenvalue weighted by Crippen LogP contribution is -2.40. The number of guanidine groups is 1. The molecule has 3 heteroatoms. The highest BCUT2D eigenvalue weighted by Crippen LogP contribution is 2.15. The summed E-state index contributed by atoms with van der Waals surface area (Å²) in [6.45, 7) is 5.16. The van der Waals surface area contributed by atoms with Gasteiger partial charge in [-0.3, -0.25) is 5.41 Å². The van der Waals surface area contributed by atoms with E-state index in [-0.39, 0.29) is 0 Å². The van der Waals surface area contributed by atoms with Crippen LogP contribution in [0.25, 0.3) is 0 Å². The summed E-state index contributed by atoms with van der Waals surface area (Å²) in [4.78, 5) is 1.97. The molecule has 94 valence electrons. The molecule has 1 aromatic rings. The van der Waals surface area contributed by atoms with Crippen molar-refractivity contribution in [3.8, 4) is 0 Å². The Labute approximate surface area is 108 Å². The summed E-state index contributed by atoms with van der Waals surface area (Å²) < 4.78 is 0. The second-order valence-corrected chi connectivity index (χ2v) is 4.40. The average Bonchev–Trinajstić information content (AvgIpc) is 2.34. The summed E-state index contributed by atoms with van der Waals surface area (Å²) in [6.07, 6.45) is 6.13. The van der Waals surface area contributed by atoms with E-state index in [1.54, 1.807) is 0 Å².